The van der Waals surface area contributed by atoms with Gasteiger partial charge in [-0.25, -0.2) is 4.68 Å². The van der Waals surface area contributed by atoms with Crippen molar-refractivity contribution in [3.63, 3.8) is 0 Å². The molecular weight excluding hydrogens is 412 g/mol. The summed E-state index contributed by atoms with van der Waals surface area (Å²) in [6.45, 7) is 3.54. The molecule has 0 aliphatic carbocycles. The van der Waals surface area contributed by atoms with Gasteiger partial charge in [0.2, 0.25) is 0 Å². The van der Waals surface area contributed by atoms with E-state index >= 15 is 0 Å². The van der Waals surface area contributed by atoms with E-state index in [1.807, 2.05) is 74.6 Å². The van der Waals surface area contributed by atoms with Gasteiger partial charge in [0, 0.05) is 24.8 Å². The third-order valence-corrected chi connectivity index (χ3v) is 5.74. The quantitative estimate of drug-likeness (QED) is 0.523. The van der Waals surface area contributed by atoms with E-state index in [1.54, 1.807) is 10.7 Å². The molecule has 0 fully saturated rings. The molecule has 0 unspecified atom stereocenters. The molecule has 3 aromatic carbocycles. The molecule has 33 heavy (non-hydrogen) atoms. The first-order valence-corrected chi connectivity index (χ1v) is 10.7. The molecule has 4 aromatic rings. The number of nitrogens with one attached hydrogen (secondary N) is 1. The molecule has 0 saturated carbocycles. The Balaban J connectivity index is 1.47. The Morgan fingerprint density at radius 2 is 1.79 bits per heavy atom. The number of carbonyl (C=O) groups is 1. The average Bonchev–Trinajstić information content (AvgIpc) is 3.44. The van der Waals surface area contributed by atoms with Crippen LogP contribution in [0.2, 0.25) is 0 Å². The van der Waals surface area contributed by atoms with Crippen LogP contribution in [0.1, 0.15) is 27.3 Å². The van der Waals surface area contributed by atoms with Crippen molar-refractivity contribution in [2.75, 3.05) is 25.5 Å². The number of nitriles is 1. The summed E-state index contributed by atoms with van der Waals surface area (Å²) in [4.78, 5) is 19.8. The number of rotatable bonds is 4. The number of hydrogen-bond acceptors (Lipinski definition) is 5. The number of nitrogens with zero attached hydrogens (tertiary/aromatic N) is 5. The van der Waals surface area contributed by atoms with Gasteiger partial charge in [-0.1, -0.05) is 24.3 Å². The van der Waals surface area contributed by atoms with Crippen LogP contribution < -0.4 is 5.32 Å². The fourth-order valence-electron chi connectivity index (χ4n) is 4.08. The molecule has 1 aliphatic rings. The molecule has 7 heteroatoms. The first-order valence-electron chi connectivity index (χ1n) is 10.7. The number of benzene rings is 3. The molecule has 5 rings (SSSR count). The third-order valence-electron chi connectivity index (χ3n) is 5.74. The zero-order valence-corrected chi connectivity index (χ0v) is 18.4. The number of anilines is 1. The molecule has 0 atom stereocenters. The summed E-state index contributed by atoms with van der Waals surface area (Å²) in [5.74, 6) is 0.664. The van der Waals surface area contributed by atoms with Gasteiger partial charge in [0.25, 0.3) is 5.91 Å². The van der Waals surface area contributed by atoms with Crippen LogP contribution in [0.25, 0.3) is 16.5 Å². The monoisotopic (exact) mass is 434 g/mol. The molecule has 0 bridgehead atoms. The molecule has 7 nitrogen and oxygen atoms in total. The lowest BCUT2D eigenvalue weighted by molar-refractivity contribution is 0.101. The molecule has 0 radical (unpaired) electrons. The fraction of sp³-hybridized carbons (Fsp3) is 0.154. The van der Waals surface area contributed by atoms with Gasteiger partial charge in [-0.05, 0) is 60.2 Å². The van der Waals surface area contributed by atoms with Crippen LogP contribution in [0.3, 0.4) is 0 Å². The van der Waals surface area contributed by atoms with E-state index in [0.29, 0.717) is 28.3 Å². The van der Waals surface area contributed by atoms with Gasteiger partial charge in [-0.2, -0.15) is 10.4 Å². The summed E-state index contributed by atoms with van der Waals surface area (Å²) in [6.07, 6.45) is 0. The second kappa shape index (κ2) is 8.24. The van der Waals surface area contributed by atoms with Crippen molar-refractivity contribution < 1.29 is 4.79 Å². The maximum absolute atomic E-state index is 13.2. The van der Waals surface area contributed by atoms with E-state index < -0.39 is 0 Å². The highest BCUT2D eigenvalue weighted by molar-refractivity contribution is 6.04. The Kier molecular flexibility index (Phi) is 5.11. The summed E-state index contributed by atoms with van der Waals surface area (Å²) in [5.41, 5.74) is 3.78. The van der Waals surface area contributed by atoms with Gasteiger partial charge in [0.1, 0.15) is 17.6 Å². The van der Waals surface area contributed by atoms with Crippen molar-refractivity contribution in [1.29, 1.82) is 5.26 Å². The number of aromatic nitrogens is 2. The highest BCUT2D eigenvalue weighted by atomic mass is 16.2. The number of amides is 1. The predicted molar refractivity (Wildman–Crippen MR) is 129 cm³/mol. The maximum Gasteiger partial charge on any atom is 0.274 e. The van der Waals surface area contributed by atoms with Gasteiger partial charge < -0.3 is 10.2 Å². The first kappa shape index (κ1) is 20.5. The van der Waals surface area contributed by atoms with E-state index in [2.05, 4.69) is 26.4 Å². The molecule has 1 amide bonds. The minimum Gasteiger partial charge on any atom is -0.358 e. The molecule has 1 N–H and O–H groups in total. The predicted octanol–water partition coefficient (Wildman–Crippen LogP) is 4.15. The zero-order chi connectivity index (χ0) is 22.9. The van der Waals surface area contributed by atoms with E-state index in [-0.39, 0.29) is 5.91 Å². The van der Waals surface area contributed by atoms with Crippen molar-refractivity contribution in [2.45, 2.75) is 6.92 Å². The number of amidine groups is 1. The average molecular weight is 435 g/mol. The topological polar surface area (TPSA) is 86.3 Å². The smallest absolute Gasteiger partial charge is 0.274 e. The number of hydrogen-bond donors (Lipinski definition) is 1. The molecular formula is C26H22N6O. The normalized spacial score (nSPS) is 13.1. The molecule has 1 aliphatic heterocycles. The molecule has 0 saturated heterocycles. The van der Waals surface area contributed by atoms with Crippen LogP contribution in [0, 0.1) is 18.3 Å². The molecule has 162 valence electrons. The van der Waals surface area contributed by atoms with Crippen LogP contribution in [0.15, 0.2) is 71.7 Å². The largest absolute Gasteiger partial charge is 0.358 e. The number of carbonyl (C=O) groups excluding carboxylic acids is 1. The molecule has 1 aromatic heterocycles. The Labute approximate surface area is 191 Å². The van der Waals surface area contributed by atoms with Crippen molar-refractivity contribution in [3.05, 3.63) is 89.2 Å². The minimum absolute atomic E-state index is 0.296. The van der Waals surface area contributed by atoms with Gasteiger partial charge in [-0.15, -0.1) is 0 Å². The molecule has 0 spiro atoms. The Bertz CT molecular complexity index is 1440. The van der Waals surface area contributed by atoms with Gasteiger partial charge in [0.05, 0.1) is 23.5 Å². The van der Waals surface area contributed by atoms with Crippen molar-refractivity contribution in [2.24, 2.45) is 4.99 Å². The van der Waals surface area contributed by atoms with E-state index in [4.69, 9.17) is 0 Å². The van der Waals surface area contributed by atoms with Crippen molar-refractivity contribution in [3.8, 4) is 11.8 Å². The molecule has 2 heterocycles. The summed E-state index contributed by atoms with van der Waals surface area (Å²) < 4.78 is 1.55. The van der Waals surface area contributed by atoms with E-state index in [0.717, 1.165) is 35.3 Å². The van der Waals surface area contributed by atoms with Crippen LogP contribution in [-0.4, -0.2) is 46.6 Å². The number of aliphatic imine (C=N–C) groups is 1. The Morgan fingerprint density at radius 3 is 2.45 bits per heavy atom. The lowest BCUT2D eigenvalue weighted by Gasteiger charge is -2.14. The van der Waals surface area contributed by atoms with Crippen molar-refractivity contribution in [1.82, 2.24) is 14.7 Å². The van der Waals surface area contributed by atoms with Gasteiger partial charge in [-0.3, -0.25) is 9.79 Å². The SMILES string of the molecule is Cc1cc(C(=O)Nc2ccc(C3=NCCN3C)cc2)n(-c2cc3ccccc3cc2C#N)n1. The first-order chi connectivity index (χ1) is 16.0. The standard InChI is InChI=1S/C26H22N6O/c1-17-13-24(26(33)29-22-9-7-18(8-10-22)25-28-11-12-31(25)2)32(30-17)23-15-20-6-4-3-5-19(20)14-21(23)16-27/h3-10,13-15H,11-12H2,1-2H3,(H,29,33). The minimum atomic E-state index is -0.296. The lowest BCUT2D eigenvalue weighted by Crippen LogP contribution is -2.23. The Hall–Kier alpha value is -4.44. The van der Waals surface area contributed by atoms with E-state index in [9.17, 15) is 10.1 Å². The fourth-order valence-corrected chi connectivity index (χ4v) is 4.08. The Morgan fingerprint density at radius 1 is 1.06 bits per heavy atom. The third kappa shape index (κ3) is 3.83. The van der Waals surface area contributed by atoms with Gasteiger partial charge >= 0.3 is 0 Å². The summed E-state index contributed by atoms with van der Waals surface area (Å²) in [7, 11) is 2.02. The van der Waals surface area contributed by atoms with E-state index in [1.165, 1.54) is 0 Å². The van der Waals surface area contributed by atoms with Crippen molar-refractivity contribution >= 4 is 28.2 Å². The lowest BCUT2D eigenvalue weighted by atomic mass is 10.1. The van der Waals surface area contributed by atoms with Crippen LogP contribution in [-0.2, 0) is 0 Å². The zero-order valence-electron chi connectivity index (χ0n) is 18.4. The highest BCUT2D eigenvalue weighted by Crippen LogP contribution is 2.25. The second-order valence-electron chi connectivity index (χ2n) is 8.07. The van der Waals surface area contributed by atoms with Crippen LogP contribution >= 0.6 is 0 Å². The number of likely N-dealkylation sites (N-methyl/N-ethyl adjacent to an activating group) is 1. The summed E-state index contributed by atoms with van der Waals surface area (Å²) >= 11 is 0. The summed E-state index contributed by atoms with van der Waals surface area (Å²) in [5, 5.41) is 19.1. The number of fused-ring (bicyclic) bond motifs is 1. The van der Waals surface area contributed by atoms with Crippen LogP contribution in [0.4, 0.5) is 5.69 Å². The summed E-state index contributed by atoms with van der Waals surface area (Å²) in [6, 6.07) is 23.1. The van der Waals surface area contributed by atoms with Crippen LogP contribution in [0.5, 0.6) is 0 Å². The maximum atomic E-state index is 13.2. The van der Waals surface area contributed by atoms with Gasteiger partial charge in [0.15, 0.2) is 0 Å². The highest BCUT2D eigenvalue weighted by Gasteiger charge is 2.19. The second-order valence-corrected chi connectivity index (χ2v) is 8.07. The number of aryl methyl sites for hydroxylation is 1.